The van der Waals surface area contributed by atoms with E-state index in [1.54, 1.807) is 6.26 Å². The molecule has 0 aliphatic heterocycles. The van der Waals surface area contributed by atoms with Gasteiger partial charge in [0.2, 0.25) is 0 Å². The summed E-state index contributed by atoms with van der Waals surface area (Å²) < 4.78 is 33.1. The number of aliphatic hydroxyl groups is 2. The molecule has 0 fully saturated rings. The molecule has 0 aliphatic rings. The fraction of sp³-hybridized carbons (Fsp3) is 0.929. The summed E-state index contributed by atoms with van der Waals surface area (Å²) in [4.78, 5) is 22.5. The minimum absolute atomic E-state index is 0.0288. The van der Waals surface area contributed by atoms with E-state index in [1.165, 1.54) is 161 Å². The van der Waals surface area contributed by atoms with Crippen LogP contribution >= 0.6 is 7.82 Å². The molecule has 9 nitrogen and oxygen atoms in total. The lowest BCUT2D eigenvalue weighted by Gasteiger charge is -2.20. The van der Waals surface area contributed by atoms with Crippen molar-refractivity contribution in [3.05, 3.63) is 12.3 Å². The quantitative estimate of drug-likeness (QED) is 0.0241. The predicted octanol–water partition coefficient (Wildman–Crippen LogP) is 12.0. The summed E-state index contributed by atoms with van der Waals surface area (Å²) in [6.07, 6.45) is 39.7. The first-order valence-electron chi connectivity index (χ1n) is 21.7. The van der Waals surface area contributed by atoms with E-state index in [0.717, 1.165) is 32.1 Å². The van der Waals surface area contributed by atoms with E-state index in [1.807, 2.05) is 6.08 Å². The number of carbonyl (C=O) groups excluding carboxylic acids is 1. The van der Waals surface area contributed by atoms with Crippen LogP contribution in [0.15, 0.2) is 12.3 Å². The standard InChI is InChI=1S/C42H83O9P/c1-3-5-7-9-11-13-15-17-19-20-21-22-24-26-28-30-32-34-42(45)51-41(39-50-52(46,47)49-37-40(44)36-43)38-48-35-33-31-29-27-25-23-18-16-14-12-10-8-6-4-2/h33,35,40-41,43-44H,3-32,34,36-39H2,1-2H3,(H,46,47)/b35-33-/t40-,41+/m0/s1. The Morgan fingerprint density at radius 1 is 0.577 bits per heavy atom. The van der Waals surface area contributed by atoms with Crippen molar-refractivity contribution in [3.8, 4) is 0 Å². The zero-order chi connectivity index (χ0) is 38.2. The molecule has 0 aromatic rings. The van der Waals surface area contributed by atoms with E-state index in [2.05, 4.69) is 13.8 Å². The van der Waals surface area contributed by atoms with E-state index in [-0.39, 0.29) is 13.0 Å². The second-order valence-electron chi connectivity index (χ2n) is 14.8. The van der Waals surface area contributed by atoms with E-state index in [9.17, 15) is 19.4 Å². The Balaban J connectivity index is 4.18. The molecule has 0 rings (SSSR count). The number of esters is 1. The normalized spacial score (nSPS) is 14.1. The maximum atomic E-state index is 12.6. The molecule has 0 saturated heterocycles. The van der Waals surface area contributed by atoms with Gasteiger partial charge in [-0.25, -0.2) is 4.57 Å². The summed E-state index contributed by atoms with van der Waals surface area (Å²) in [6, 6.07) is 0. The molecule has 0 aromatic carbocycles. The molecule has 0 radical (unpaired) electrons. The number of aliphatic hydroxyl groups excluding tert-OH is 2. The molecule has 3 atom stereocenters. The smallest absolute Gasteiger partial charge is 0.472 e. The number of allylic oxidation sites excluding steroid dienone is 1. The van der Waals surface area contributed by atoms with Crippen LogP contribution in [0.25, 0.3) is 0 Å². The lowest BCUT2D eigenvalue weighted by Crippen LogP contribution is -2.28. The van der Waals surface area contributed by atoms with Gasteiger partial charge < -0.3 is 24.6 Å². The van der Waals surface area contributed by atoms with Gasteiger partial charge in [0.25, 0.3) is 0 Å². The summed E-state index contributed by atoms with van der Waals surface area (Å²) >= 11 is 0. The topological polar surface area (TPSA) is 132 Å². The predicted molar refractivity (Wildman–Crippen MR) is 214 cm³/mol. The molecule has 52 heavy (non-hydrogen) atoms. The summed E-state index contributed by atoms with van der Waals surface area (Å²) in [5, 5.41) is 18.3. The Morgan fingerprint density at radius 2 is 0.962 bits per heavy atom. The van der Waals surface area contributed by atoms with Crippen molar-refractivity contribution in [2.75, 3.05) is 26.4 Å². The van der Waals surface area contributed by atoms with Gasteiger partial charge in [-0.05, 0) is 25.3 Å². The van der Waals surface area contributed by atoms with Crippen LogP contribution in [0.3, 0.4) is 0 Å². The van der Waals surface area contributed by atoms with Crippen molar-refractivity contribution in [2.45, 2.75) is 225 Å². The Kier molecular flexibility index (Phi) is 39.0. The number of hydrogen-bond donors (Lipinski definition) is 3. The Bertz CT molecular complexity index is 825. The van der Waals surface area contributed by atoms with Crippen molar-refractivity contribution >= 4 is 13.8 Å². The van der Waals surface area contributed by atoms with E-state index in [0.29, 0.717) is 0 Å². The van der Waals surface area contributed by atoms with Crippen molar-refractivity contribution < 1.29 is 43.0 Å². The van der Waals surface area contributed by atoms with Gasteiger partial charge >= 0.3 is 13.8 Å². The van der Waals surface area contributed by atoms with Crippen LogP contribution in [0.1, 0.15) is 213 Å². The SMILES string of the molecule is CCCCCCCCCCCCCC/C=C\OC[C@H](COP(=O)(O)OC[C@@H](O)CO)OC(=O)CCCCCCCCCCCCCCCCCCC. The van der Waals surface area contributed by atoms with Crippen LogP contribution in [0.5, 0.6) is 0 Å². The van der Waals surface area contributed by atoms with Crippen molar-refractivity contribution in [1.82, 2.24) is 0 Å². The molecule has 0 heterocycles. The van der Waals surface area contributed by atoms with Gasteiger partial charge in [0.15, 0.2) is 6.10 Å². The minimum Gasteiger partial charge on any atom is -0.498 e. The molecule has 0 saturated carbocycles. The maximum absolute atomic E-state index is 12.6. The Hall–Kier alpha value is -0.960. The third-order valence-electron chi connectivity index (χ3n) is 9.55. The summed E-state index contributed by atoms with van der Waals surface area (Å²) in [5.74, 6) is -0.400. The van der Waals surface area contributed by atoms with Crippen molar-refractivity contribution in [1.29, 1.82) is 0 Å². The van der Waals surface area contributed by atoms with Crippen LogP contribution in [-0.4, -0.2) is 59.7 Å². The molecule has 0 bridgehead atoms. The van der Waals surface area contributed by atoms with Gasteiger partial charge in [0.1, 0.15) is 12.7 Å². The number of phosphoric acid groups is 1. The first-order valence-corrected chi connectivity index (χ1v) is 23.2. The molecule has 3 N–H and O–H groups in total. The van der Waals surface area contributed by atoms with Gasteiger partial charge in [-0.15, -0.1) is 0 Å². The van der Waals surface area contributed by atoms with E-state index < -0.39 is 45.8 Å². The first kappa shape index (κ1) is 51.0. The average Bonchev–Trinajstić information content (AvgIpc) is 3.13. The van der Waals surface area contributed by atoms with Gasteiger partial charge in [0.05, 0.1) is 26.1 Å². The number of phosphoric ester groups is 1. The second-order valence-corrected chi connectivity index (χ2v) is 16.3. The summed E-state index contributed by atoms with van der Waals surface area (Å²) in [5.41, 5.74) is 0. The molecule has 0 aromatic heterocycles. The first-order chi connectivity index (χ1) is 25.3. The Morgan fingerprint density at radius 3 is 1.38 bits per heavy atom. The zero-order valence-corrected chi connectivity index (χ0v) is 34.7. The van der Waals surface area contributed by atoms with E-state index >= 15 is 0 Å². The highest BCUT2D eigenvalue weighted by Crippen LogP contribution is 2.43. The van der Waals surface area contributed by atoms with Gasteiger partial charge in [-0.1, -0.05) is 187 Å². The number of carbonyl (C=O) groups is 1. The summed E-state index contributed by atoms with van der Waals surface area (Å²) in [7, 11) is -4.52. The van der Waals surface area contributed by atoms with Crippen LogP contribution in [0.4, 0.5) is 0 Å². The van der Waals surface area contributed by atoms with Crippen LogP contribution < -0.4 is 0 Å². The maximum Gasteiger partial charge on any atom is 0.472 e. The van der Waals surface area contributed by atoms with Gasteiger partial charge in [0, 0.05) is 6.42 Å². The molecule has 0 amide bonds. The van der Waals surface area contributed by atoms with Gasteiger partial charge in [-0.3, -0.25) is 13.8 Å². The molecule has 0 spiro atoms. The fourth-order valence-corrected chi connectivity index (χ4v) is 6.99. The second kappa shape index (κ2) is 39.7. The average molecular weight is 763 g/mol. The summed E-state index contributed by atoms with van der Waals surface area (Å²) in [6.45, 7) is 2.92. The number of unbranched alkanes of at least 4 members (excludes halogenated alkanes) is 28. The Labute approximate surface area is 320 Å². The highest BCUT2D eigenvalue weighted by molar-refractivity contribution is 7.47. The largest absolute Gasteiger partial charge is 0.498 e. The molecule has 0 aliphatic carbocycles. The molecular formula is C42H83O9P. The third kappa shape index (κ3) is 38.8. The highest BCUT2D eigenvalue weighted by atomic mass is 31.2. The van der Waals surface area contributed by atoms with E-state index in [4.69, 9.17) is 23.6 Å². The molecule has 310 valence electrons. The minimum atomic E-state index is -4.52. The lowest BCUT2D eigenvalue weighted by molar-refractivity contribution is -0.153. The molecular weight excluding hydrogens is 679 g/mol. The van der Waals surface area contributed by atoms with Crippen molar-refractivity contribution in [2.24, 2.45) is 0 Å². The monoisotopic (exact) mass is 763 g/mol. The lowest BCUT2D eigenvalue weighted by atomic mass is 10.0. The zero-order valence-electron chi connectivity index (χ0n) is 33.8. The highest BCUT2D eigenvalue weighted by Gasteiger charge is 2.26. The van der Waals surface area contributed by atoms with Crippen LogP contribution in [-0.2, 0) is 27.9 Å². The van der Waals surface area contributed by atoms with Crippen molar-refractivity contribution in [3.63, 3.8) is 0 Å². The number of hydrogen-bond acceptors (Lipinski definition) is 8. The third-order valence-corrected chi connectivity index (χ3v) is 10.5. The fourth-order valence-electron chi connectivity index (χ4n) is 6.20. The number of ether oxygens (including phenoxy) is 2. The van der Waals surface area contributed by atoms with Crippen LogP contribution in [0.2, 0.25) is 0 Å². The molecule has 10 heteroatoms. The van der Waals surface area contributed by atoms with Crippen LogP contribution in [0, 0.1) is 0 Å². The number of rotatable bonds is 42. The van der Waals surface area contributed by atoms with Gasteiger partial charge in [-0.2, -0.15) is 0 Å². The molecule has 1 unspecified atom stereocenters.